The monoisotopic (exact) mass is 2090 g/mol. The molecular formula is C109H170O34P2. The molecule has 145 heavy (non-hydrogen) atoms. The fourth-order valence-electron chi connectivity index (χ4n) is 11.7. The third kappa shape index (κ3) is 59.5. The Morgan fingerprint density at radius 3 is 0.462 bits per heavy atom. The molecule has 0 spiro atoms. The first-order chi connectivity index (χ1) is 67.4. The van der Waals surface area contributed by atoms with Crippen LogP contribution < -0.4 is 0 Å². The molecule has 0 saturated heterocycles. The van der Waals surface area contributed by atoms with Crippen LogP contribution in [-0.2, 0) is 98.3 Å². The second-order valence-electron chi connectivity index (χ2n) is 43.8. The van der Waals surface area contributed by atoms with Crippen molar-refractivity contribution in [3.05, 3.63) is 177 Å². The molecule has 36 heteroatoms. The van der Waals surface area contributed by atoms with Crippen LogP contribution in [0.2, 0.25) is 0 Å². The number of methoxy groups -OCH3 is 5. The van der Waals surface area contributed by atoms with E-state index in [2.05, 4.69) is 13.8 Å². The Morgan fingerprint density at radius 1 is 0.207 bits per heavy atom. The van der Waals surface area contributed by atoms with Crippen molar-refractivity contribution in [2.75, 3.05) is 194 Å². The predicted molar refractivity (Wildman–Crippen MR) is 553 cm³/mol. The van der Waals surface area contributed by atoms with Crippen LogP contribution in [0.1, 0.15) is 307 Å². The Labute approximate surface area is 861 Å². The molecule has 3 N–H and O–H groups in total. The molecular weight excluding hydrogens is 1920 g/mol. The van der Waals surface area contributed by atoms with Crippen LogP contribution in [0.25, 0.3) is 0 Å². The summed E-state index contributed by atoms with van der Waals surface area (Å²) in [5, 5.41) is 27.5. The van der Waals surface area contributed by atoms with Crippen molar-refractivity contribution in [3.63, 3.8) is 0 Å². The number of ether oxygens (including phenoxy) is 15. The standard InChI is InChI=1S/2C26H43O8P.C20H30O6.C19H28O6.C18H26O6/c2*1-8-9-10-11-16-33-35(7,29)34-20-26(4,5)19-32-24(28)22-14-12-21(13-15-22)23(27)31-18-25(2,3)17-30-6;1-19(2,11-23-5)13-25-17(21)15-7-9-16(10-8-15)18(22)26-14-20(3,4)12-24-6;1-18(2,10-20)12-24-16(21)14-6-8-15(9-7-14)17(22)25-13-19(3,4)11-23-5;1-17(2,9-19)11-23-15(21)13-5-7-14(8-6-13)16(22)24-12-18(3,4)10-20/h2*12-15H,8-11,16-20H2,1-7H3;7-10H,11-14H2,1-6H3;6-9,20H,10-13H2,1-5H3;5-8,19-20H,9-12H2,1-4H3. The number of aliphatic hydroxyl groups is 3. The minimum absolute atomic E-state index is 0.0701. The van der Waals surface area contributed by atoms with Gasteiger partial charge in [-0.3, -0.25) is 9.13 Å². The van der Waals surface area contributed by atoms with Gasteiger partial charge in [-0.25, -0.2) is 47.9 Å². The molecule has 0 aliphatic rings. The highest BCUT2D eigenvalue weighted by Crippen LogP contribution is 2.47. The first kappa shape index (κ1) is 134. The van der Waals surface area contributed by atoms with Gasteiger partial charge >= 0.3 is 74.9 Å². The van der Waals surface area contributed by atoms with E-state index < -0.39 is 102 Å². The Balaban J connectivity index is 0.000000915. The molecule has 0 aliphatic heterocycles. The van der Waals surface area contributed by atoms with Gasteiger partial charge < -0.3 is 104 Å². The summed E-state index contributed by atoms with van der Waals surface area (Å²) in [4.78, 5) is 122. The summed E-state index contributed by atoms with van der Waals surface area (Å²) in [6, 6.07) is 30.5. The molecule has 0 fully saturated rings. The van der Waals surface area contributed by atoms with E-state index in [9.17, 15) is 57.1 Å². The van der Waals surface area contributed by atoms with E-state index in [-0.39, 0.29) is 126 Å². The third-order valence-corrected chi connectivity index (χ3v) is 23.2. The highest BCUT2D eigenvalue weighted by Gasteiger charge is 2.33. The van der Waals surface area contributed by atoms with Crippen molar-refractivity contribution in [1.82, 2.24) is 0 Å². The number of unbranched alkanes of at least 4 members (excludes halogenated alkanes) is 6. The first-order valence-corrected chi connectivity index (χ1v) is 52.6. The average molecular weight is 2090 g/mol. The van der Waals surface area contributed by atoms with E-state index in [0.29, 0.717) is 102 Å². The molecule has 0 bridgehead atoms. The maximum atomic E-state index is 12.5. The van der Waals surface area contributed by atoms with E-state index in [0.717, 1.165) is 51.4 Å². The van der Waals surface area contributed by atoms with Gasteiger partial charge in [-0.15, -0.1) is 0 Å². The minimum atomic E-state index is -3.17. The largest absolute Gasteiger partial charge is 0.461 e. The topological polar surface area (TPSA) is 441 Å². The van der Waals surface area contributed by atoms with Gasteiger partial charge in [0.15, 0.2) is 0 Å². The highest BCUT2D eigenvalue weighted by atomic mass is 31.2. The lowest BCUT2D eigenvalue weighted by Crippen LogP contribution is -2.27. The molecule has 0 heterocycles. The summed E-state index contributed by atoms with van der Waals surface area (Å²) in [6.07, 6.45) is 8.25. The minimum Gasteiger partial charge on any atom is -0.461 e. The van der Waals surface area contributed by atoms with Crippen molar-refractivity contribution in [2.45, 2.75) is 204 Å². The lowest BCUT2D eigenvalue weighted by Gasteiger charge is -2.25. The van der Waals surface area contributed by atoms with E-state index >= 15 is 0 Å². The fourth-order valence-corrected chi connectivity index (χ4v) is 14.0. The number of benzene rings is 5. The first-order valence-electron chi connectivity index (χ1n) is 48.6. The molecule has 2 unspecified atom stereocenters. The maximum absolute atomic E-state index is 12.5. The smallest absolute Gasteiger partial charge is 0.338 e. The zero-order valence-electron chi connectivity index (χ0n) is 91.7. The number of esters is 10. The van der Waals surface area contributed by atoms with Crippen molar-refractivity contribution < 1.29 is 162 Å². The Kier molecular flexibility index (Phi) is 60.5. The van der Waals surface area contributed by atoms with E-state index in [4.69, 9.17) is 104 Å². The molecule has 0 saturated carbocycles. The molecule has 5 aromatic rings. The second kappa shape index (κ2) is 65.6. The normalized spacial score (nSPS) is 12.8. The summed E-state index contributed by atoms with van der Waals surface area (Å²) in [5.41, 5.74) is -0.587. The third-order valence-electron chi connectivity index (χ3n) is 20.7. The predicted octanol–water partition coefficient (Wildman–Crippen LogP) is 20.3. The summed E-state index contributed by atoms with van der Waals surface area (Å²) in [5.74, 6) is -4.83. The van der Waals surface area contributed by atoms with Gasteiger partial charge in [0.1, 0.15) is 0 Å². The summed E-state index contributed by atoms with van der Waals surface area (Å²) in [7, 11) is 1.68. The molecule has 820 valence electrons. The molecule has 0 amide bonds. The second-order valence-corrected chi connectivity index (χ2v) is 47.9. The molecule has 0 aliphatic carbocycles. The molecule has 34 nitrogen and oxygen atoms in total. The van der Waals surface area contributed by atoms with Gasteiger partial charge in [0.05, 0.1) is 201 Å². The summed E-state index contributed by atoms with van der Waals surface area (Å²) < 4.78 is 125. The van der Waals surface area contributed by atoms with Crippen molar-refractivity contribution >= 4 is 74.9 Å². The van der Waals surface area contributed by atoms with Crippen molar-refractivity contribution in [3.8, 4) is 0 Å². The quantitative estimate of drug-likeness (QED) is 0.0141. The van der Waals surface area contributed by atoms with Crippen LogP contribution in [0.3, 0.4) is 0 Å². The van der Waals surface area contributed by atoms with Gasteiger partial charge in [0, 0.05) is 103 Å². The number of carbonyl (C=O) groups is 10. The zero-order valence-corrected chi connectivity index (χ0v) is 93.4. The molecule has 5 aromatic carbocycles. The van der Waals surface area contributed by atoms with Gasteiger partial charge in [-0.2, -0.15) is 0 Å². The Hall–Kier alpha value is -9.22. The number of hydrogen-bond donors (Lipinski definition) is 3. The molecule has 0 aromatic heterocycles. The van der Waals surface area contributed by atoms with Gasteiger partial charge in [-0.05, 0) is 134 Å². The van der Waals surface area contributed by atoms with Crippen LogP contribution in [0.5, 0.6) is 0 Å². The Bertz CT molecular complexity index is 4520. The van der Waals surface area contributed by atoms with Crippen LogP contribution in [0.15, 0.2) is 121 Å². The van der Waals surface area contributed by atoms with E-state index in [1.54, 1.807) is 101 Å². The number of hydrogen-bond acceptors (Lipinski definition) is 34. The average Bonchev–Trinajstić information content (AvgIpc) is 0.869. The summed E-state index contributed by atoms with van der Waals surface area (Å²) in [6.45, 7) is 49.6. The molecule has 2 atom stereocenters. The Morgan fingerprint density at radius 2 is 0.338 bits per heavy atom. The van der Waals surface area contributed by atoms with Crippen LogP contribution in [0.4, 0.5) is 0 Å². The SMILES string of the molecule is CC(C)(CO)COC(=O)c1ccc(C(=O)OCC(C)(C)CO)cc1.CCCCCCOP(C)(=O)OCC(C)(C)COC(=O)c1ccc(C(=O)OCC(C)(C)COC)cc1.CCCCCCOP(C)(=O)OCC(C)(C)COC(=O)c1ccc(C(=O)OCC(C)(C)COC)cc1.COCC(C)(C)COC(=O)c1ccc(C(=O)OCC(C)(C)CO)cc1.COCC(C)(C)COC(=O)c1ccc(C(=O)OCC(C)(C)COC)cc1. The molecule has 5 rings (SSSR count). The number of rotatable bonds is 61. The van der Waals surface area contributed by atoms with Gasteiger partial charge in [-0.1, -0.05) is 191 Å². The maximum Gasteiger partial charge on any atom is 0.338 e. The zero-order chi connectivity index (χ0) is 110. The fraction of sp³-hybridized carbons (Fsp3) is 0.633. The summed E-state index contributed by atoms with van der Waals surface area (Å²) >= 11 is 0. The van der Waals surface area contributed by atoms with E-state index in [1.165, 1.54) is 110 Å². The highest BCUT2D eigenvalue weighted by molar-refractivity contribution is 7.53. The van der Waals surface area contributed by atoms with Crippen LogP contribution in [-0.4, -0.2) is 269 Å². The van der Waals surface area contributed by atoms with Crippen molar-refractivity contribution in [2.24, 2.45) is 54.1 Å². The number of aliphatic hydroxyl groups excluding tert-OH is 3. The van der Waals surface area contributed by atoms with Crippen LogP contribution in [0, 0.1) is 54.1 Å². The van der Waals surface area contributed by atoms with Crippen LogP contribution >= 0.6 is 15.2 Å². The lowest BCUT2D eigenvalue weighted by atomic mass is 9.96. The lowest BCUT2D eigenvalue weighted by molar-refractivity contribution is 0.0127. The molecule has 0 radical (unpaired) electrons. The van der Waals surface area contributed by atoms with E-state index in [1.807, 2.05) is 96.9 Å². The van der Waals surface area contributed by atoms with Gasteiger partial charge in [0.25, 0.3) is 0 Å². The number of carbonyl (C=O) groups excluding carboxylic acids is 10. The van der Waals surface area contributed by atoms with Gasteiger partial charge in [0.2, 0.25) is 0 Å². The van der Waals surface area contributed by atoms with Crippen molar-refractivity contribution in [1.29, 1.82) is 0 Å².